The smallest absolute Gasteiger partial charge is 0.333 e. The second kappa shape index (κ2) is 5.12. The normalized spacial score (nSPS) is 10.3. The van der Waals surface area contributed by atoms with E-state index in [1.807, 2.05) is 31.2 Å². The van der Waals surface area contributed by atoms with E-state index < -0.39 is 4.92 Å². The molecule has 0 unspecified atom stereocenters. The molecule has 0 saturated heterocycles. The lowest BCUT2D eigenvalue weighted by Crippen LogP contribution is -2.16. The summed E-state index contributed by atoms with van der Waals surface area (Å²) in [6.07, 6.45) is 0. The number of anilines is 3. The molecule has 0 spiro atoms. The van der Waals surface area contributed by atoms with E-state index in [0.29, 0.717) is 0 Å². The molecule has 0 aliphatic carbocycles. The van der Waals surface area contributed by atoms with Crippen molar-refractivity contribution in [2.75, 3.05) is 17.7 Å². The second-order valence-electron chi connectivity index (χ2n) is 4.49. The summed E-state index contributed by atoms with van der Waals surface area (Å²) in [4.78, 5) is 20.2. The van der Waals surface area contributed by atoms with Gasteiger partial charge in [-0.05, 0) is 31.5 Å². The van der Waals surface area contributed by atoms with Crippen molar-refractivity contribution < 1.29 is 4.92 Å². The summed E-state index contributed by atoms with van der Waals surface area (Å²) in [5.74, 6) is 0.202. The lowest BCUT2D eigenvalue weighted by atomic mass is 10.2. The van der Waals surface area contributed by atoms with Crippen molar-refractivity contribution in [3.63, 3.8) is 0 Å². The van der Waals surface area contributed by atoms with Crippen LogP contribution >= 0.6 is 0 Å². The zero-order chi connectivity index (χ0) is 14.9. The first-order chi connectivity index (χ1) is 9.40. The van der Waals surface area contributed by atoms with Crippen LogP contribution in [0.2, 0.25) is 0 Å². The first-order valence-electron chi connectivity index (χ1n) is 5.99. The molecule has 0 bridgehead atoms. The number of benzene rings is 1. The van der Waals surface area contributed by atoms with Crippen LogP contribution in [0.3, 0.4) is 0 Å². The van der Waals surface area contributed by atoms with E-state index in [9.17, 15) is 10.1 Å². The predicted molar refractivity (Wildman–Crippen MR) is 77.1 cm³/mol. The molecule has 7 nitrogen and oxygen atoms in total. The minimum Gasteiger partial charge on any atom is -0.368 e. The third-order valence-electron chi connectivity index (χ3n) is 2.95. The van der Waals surface area contributed by atoms with Gasteiger partial charge in [0, 0.05) is 12.7 Å². The van der Waals surface area contributed by atoms with Gasteiger partial charge < -0.3 is 10.6 Å². The Morgan fingerprint density at radius 3 is 2.60 bits per heavy atom. The zero-order valence-electron chi connectivity index (χ0n) is 11.5. The van der Waals surface area contributed by atoms with Crippen LogP contribution in [0.5, 0.6) is 0 Å². The fraction of sp³-hybridized carbons (Fsp3) is 0.231. The molecule has 104 valence electrons. The van der Waals surface area contributed by atoms with Crippen LogP contribution in [0.4, 0.5) is 23.1 Å². The maximum Gasteiger partial charge on any atom is 0.333 e. The Morgan fingerprint density at radius 2 is 2.00 bits per heavy atom. The molecule has 7 heteroatoms. The Hall–Kier alpha value is -2.70. The average molecular weight is 273 g/mol. The van der Waals surface area contributed by atoms with Crippen molar-refractivity contribution in [2.24, 2.45) is 0 Å². The molecule has 2 rings (SSSR count). The zero-order valence-corrected chi connectivity index (χ0v) is 11.5. The van der Waals surface area contributed by atoms with Crippen LogP contribution in [0.1, 0.15) is 11.3 Å². The number of nitrogen functional groups attached to an aromatic ring is 1. The minimum absolute atomic E-state index is 0.0163. The number of hydrogen-bond acceptors (Lipinski definition) is 6. The molecule has 1 heterocycles. The summed E-state index contributed by atoms with van der Waals surface area (Å²) in [7, 11) is 1.71. The molecule has 0 aliphatic rings. The number of nitrogens with zero attached hydrogens (tertiary/aromatic N) is 4. The fourth-order valence-electron chi connectivity index (χ4n) is 1.98. The van der Waals surface area contributed by atoms with Crippen molar-refractivity contribution >= 4 is 23.1 Å². The number of hydrogen-bond donors (Lipinski definition) is 1. The number of aryl methyl sites for hydroxylation is 2. The molecule has 0 radical (unpaired) electrons. The second-order valence-corrected chi connectivity index (χ2v) is 4.49. The predicted octanol–water partition coefficient (Wildman–Crippen LogP) is 2.35. The van der Waals surface area contributed by atoms with Crippen molar-refractivity contribution in [2.45, 2.75) is 13.8 Å². The summed E-state index contributed by atoms with van der Waals surface area (Å²) in [5.41, 5.74) is 7.56. The molecule has 0 saturated carbocycles. The molecule has 0 aliphatic heterocycles. The topological polar surface area (TPSA) is 98.2 Å². The first-order valence-corrected chi connectivity index (χ1v) is 5.99. The number of nitrogens with two attached hydrogens (primary N) is 1. The minimum atomic E-state index is -0.490. The largest absolute Gasteiger partial charge is 0.368 e. The maximum atomic E-state index is 11.2. The Kier molecular flexibility index (Phi) is 3.51. The van der Waals surface area contributed by atoms with Gasteiger partial charge in [-0.3, -0.25) is 10.1 Å². The standard InChI is InChI=1S/C13H15N5O2/c1-8-5-4-6-10(7-8)17(3)12-11(18(19)20)9(2)15-13(14)16-12/h4-7H,1-3H3,(H2,14,15,16). The highest BCUT2D eigenvalue weighted by atomic mass is 16.6. The van der Waals surface area contributed by atoms with E-state index in [-0.39, 0.29) is 23.1 Å². The molecule has 2 N–H and O–H groups in total. The van der Waals surface area contributed by atoms with Crippen molar-refractivity contribution in [1.82, 2.24) is 9.97 Å². The number of aromatic nitrogens is 2. The van der Waals surface area contributed by atoms with E-state index in [1.165, 1.54) is 0 Å². The van der Waals surface area contributed by atoms with Crippen LogP contribution < -0.4 is 10.6 Å². The molecule has 0 fully saturated rings. The Balaban J connectivity index is 2.59. The Labute approximate surface area is 116 Å². The van der Waals surface area contributed by atoms with Crippen LogP contribution in [0, 0.1) is 24.0 Å². The van der Waals surface area contributed by atoms with Gasteiger partial charge in [0.05, 0.1) is 4.92 Å². The van der Waals surface area contributed by atoms with Gasteiger partial charge in [-0.1, -0.05) is 12.1 Å². The highest BCUT2D eigenvalue weighted by molar-refractivity contribution is 5.70. The average Bonchev–Trinajstić information content (AvgIpc) is 2.36. The molecule has 2 aromatic rings. The SMILES string of the molecule is Cc1cccc(N(C)c2nc(N)nc(C)c2[N+](=O)[O-])c1. The summed E-state index contributed by atoms with van der Waals surface area (Å²) >= 11 is 0. The van der Waals surface area contributed by atoms with Crippen LogP contribution in [0.15, 0.2) is 24.3 Å². The molecule has 0 atom stereocenters. The van der Waals surface area contributed by atoms with E-state index in [0.717, 1.165) is 11.3 Å². The van der Waals surface area contributed by atoms with E-state index >= 15 is 0 Å². The van der Waals surface area contributed by atoms with Gasteiger partial charge in [-0.25, -0.2) is 4.98 Å². The quantitative estimate of drug-likeness (QED) is 0.680. The van der Waals surface area contributed by atoms with Crippen LogP contribution in [-0.2, 0) is 0 Å². The van der Waals surface area contributed by atoms with Crippen LogP contribution in [-0.4, -0.2) is 21.9 Å². The highest BCUT2D eigenvalue weighted by Crippen LogP contribution is 2.33. The molecular formula is C13H15N5O2. The highest BCUT2D eigenvalue weighted by Gasteiger charge is 2.25. The van der Waals surface area contributed by atoms with Gasteiger partial charge in [0.25, 0.3) is 0 Å². The maximum absolute atomic E-state index is 11.2. The van der Waals surface area contributed by atoms with Crippen molar-refractivity contribution in [1.29, 1.82) is 0 Å². The number of rotatable bonds is 3. The third-order valence-corrected chi connectivity index (χ3v) is 2.95. The number of nitro groups is 1. The molecule has 20 heavy (non-hydrogen) atoms. The molecule has 1 aromatic heterocycles. The van der Waals surface area contributed by atoms with Crippen LogP contribution in [0.25, 0.3) is 0 Å². The molecular weight excluding hydrogens is 258 g/mol. The summed E-state index contributed by atoms with van der Waals surface area (Å²) in [5, 5.41) is 11.2. The van der Waals surface area contributed by atoms with Gasteiger partial charge in [0.15, 0.2) is 0 Å². The third kappa shape index (κ3) is 2.51. The van der Waals surface area contributed by atoms with Gasteiger partial charge >= 0.3 is 5.69 Å². The fourth-order valence-corrected chi connectivity index (χ4v) is 1.98. The van der Waals surface area contributed by atoms with E-state index in [1.54, 1.807) is 18.9 Å². The Bertz CT molecular complexity index is 672. The van der Waals surface area contributed by atoms with Crippen molar-refractivity contribution in [3.05, 3.63) is 45.6 Å². The van der Waals surface area contributed by atoms with Gasteiger partial charge in [-0.15, -0.1) is 0 Å². The molecule has 1 aromatic carbocycles. The van der Waals surface area contributed by atoms with Gasteiger partial charge in [-0.2, -0.15) is 4.98 Å². The molecule has 0 amide bonds. The first kappa shape index (κ1) is 13.7. The summed E-state index contributed by atoms with van der Waals surface area (Å²) in [6.45, 7) is 3.50. The summed E-state index contributed by atoms with van der Waals surface area (Å²) in [6, 6.07) is 7.59. The monoisotopic (exact) mass is 273 g/mol. The van der Waals surface area contributed by atoms with Gasteiger partial charge in [0.2, 0.25) is 11.8 Å². The lowest BCUT2D eigenvalue weighted by Gasteiger charge is -2.19. The lowest BCUT2D eigenvalue weighted by molar-refractivity contribution is -0.385. The Morgan fingerprint density at radius 1 is 1.30 bits per heavy atom. The summed E-state index contributed by atoms with van der Waals surface area (Å²) < 4.78 is 0. The van der Waals surface area contributed by atoms with E-state index in [2.05, 4.69) is 9.97 Å². The van der Waals surface area contributed by atoms with E-state index in [4.69, 9.17) is 5.73 Å². The van der Waals surface area contributed by atoms with Crippen molar-refractivity contribution in [3.8, 4) is 0 Å². The van der Waals surface area contributed by atoms with Gasteiger partial charge in [0.1, 0.15) is 5.69 Å².